The van der Waals surface area contributed by atoms with Crippen molar-refractivity contribution in [3.05, 3.63) is 0 Å². The minimum absolute atomic E-state index is 0.0317. The van der Waals surface area contributed by atoms with Gasteiger partial charge in [0, 0.05) is 19.2 Å². The zero-order valence-electron chi connectivity index (χ0n) is 9.88. The lowest BCUT2D eigenvalue weighted by Crippen LogP contribution is -2.46. The molecule has 4 nitrogen and oxygen atoms in total. The van der Waals surface area contributed by atoms with E-state index in [0.717, 1.165) is 0 Å². The van der Waals surface area contributed by atoms with E-state index >= 15 is 0 Å². The van der Waals surface area contributed by atoms with Crippen LogP contribution in [0, 0.1) is 5.92 Å². The average Bonchev–Trinajstić information content (AvgIpc) is 2.96. The van der Waals surface area contributed by atoms with E-state index in [9.17, 15) is 4.79 Å². The lowest BCUT2D eigenvalue weighted by atomic mass is 9.98. The van der Waals surface area contributed by atoms with Gasteiger partial charge in [-0.1, -0.05) is 0 Å². The van der Waals surface area contributed by atoms with Gasteiger partial charge in [-0.2, -0.15) is 0 Å². The normalized spacial score (nSPS) is 18.7. The molecule has 88 valence electrons. The van der Waals surface area contributed by atoms with Crippen molar-refractivity contribution in [3.8, 4) is 0 Å². The maximum atomic E-state index is 11.7. The molecule has 1 amide bonds. The predicted molar refractivity (Wildman–Crippen MR) is 59.4 cm³/mol. The Morgan fingerprint density at radius 1 is 1.60 bits per heavy atom. The number of hydrogen-bond acceptors (Lipinski definition) is 3. The summed E-state index contributed by atoms with van der Waals surface area (Å²) in [7, 11) is 1.58. The Morgan fingerprint density at radius 3 is 2.60 bits per heavy atom. The van der Waals surface area contributed by atoms with E-state index in [-0.39, 0.29) is 17.6 Å². The second kappa shape index (κ2) is 4.94. The summed E-state index contributed by atoms with van der Waals surface area (Å²) < 4.78 is 5.07. The summed E-state index contributed by atoms with van der Waals surface area (Å²) in [5.74, 6) is 0.671. The quantitative estimate of drug-likeness (QED) is 0.682. The highest BCUT2D eigenvalue weighted by molar-refractivity contribution is 5.77. The number of amides is 1. The maximum absolute atomic E-state index is 11.7. The number of ether oxygens (including phenoxy) is 1. The van der Waals surface area contributed by atoms with E-state index < -0.39 is 0 Å². The third-order valence-electron chi connectivity index (χ3n) is 3.07. The number of rotatable bonds is 6. The second-order valence-electron chi connectivity index (χ2n) is 4.84. The molecule has 0 heterocycles. The number of carbonyl (C=O) groups is 1. The summed E-state index contributed by atoms with van der Waals surface area (Å²) >= 11 is 0. The molecule has 0 bridgehead atoms. The van der Waals surface area contributed by atoms with Crippen LogP contribution < -0.4 is 11.1 Å². The van der Waals surface area contributed by atoms with Crippen LogP contribution in [-0.2, 0) is 9.53 Å². The van der Waals surface area contributed by atoms with Gasteiger partial charge in [-0.3, -0.25) is 4.79 Å². The van der Waals surface area contributed by atoms with E-state index in [0.29, 0.717) is 18.9 Å². The average molecular weight is 214 g/mol. The van der Waals surface area contributed by atoms with Gasteiger partial charge in [-0.15, -0.1) is 0 Å². The van der Waals surface area contributed by atoms with E-state index in [1.54, 1.807) is 7.11 Å². The Bertz CT molecular complexity index is 221. The first kappa shape index (κ1) is 12.5. The molecule has 3 N–H and O–H groups in total. The molecule has 0 spiro atoms. The highest BCUT2D eigenvalue weighted by Crippen LogP contribution is 2.39. The summed E-state index contributed by atoms with van der Waals surface area (Å²) in [4.78, 5) is 11.7. The molecule has 1 aliphatic carbocycles. The van der Waals surface area contributed by atoms with Gasteiger partial charge >= 0.3 is 0 Å². The van der Waals surface area contributed by atoms with Gasteiger partial charge in [0.25, 0.3) is 0 Å². The van der Waals surface area contributed by atoms with Crippen molar-refractivity contribution in [2.45, 2.75) is 44.8 Å². The highest BCUT2D eigenvalue weighted by Gasteiger charge is 2.38. The Kier molecular flexibility index (Phi) is 4.11. The smallest absolute Gasteiger partial charge is 0.223 e. The van der Waals surface area contributed by atoms with Crippen LogP contribution in [0.3, 0.4) is 0 Å². The maximum Gasteiger partial charge on any atom is 0.223 e. The summed E-state index contributed by atoms with van der Waals surface area (Å²) in [5.41, 5.74) is 5.38. The van der Waals surface area contributed by atoms with Crippen LogP contribution in [0.25, 0.3) is 0 Å². The molecule has 1 aliphatic rings. The molecule has 0 aromatic carbocycles. The zero-order chi connectivity index (χ0) is 11.5. The SMILES string of the molecule is COC(CN)CC(=O)NC(C)(C)C1CC1. The third kappa shape index (κ3) is 3.80. The molecule has 4 heteroatoms. The van der Waals surface area contributed by atoms with Gasteiger partial charge < -0.3 is 15.8 Å². The lowest BCUT2D eigenvalue weighted by Gasteiger charge is -2.27. The van der Waals surface area contributed by atoms with Crippen LogP contribution in [0.5, 0.6) is 0 Å². The van der Waals surface area contributed by atoms with Crippen LogP contribution >= 0.6 is 0 Å². The third-order valence-corrected chi connectivity index (χ3v) is 3.07. The van der Waals surface area contributed by atoms with E-state index in [1.165, 1.54) is 12.8 Å². The summed E-state index contributed by atoms with van der Waals surface area (Å²) in [6, 6.07) is 0. The summed E-state index contributed by atoms with van der Waals surface area (Å²) in [6.45, 7) is 4.54. The standard InChI is InChI=1S/C11H22N2O2/c1-11(2,8-4-5-8)13-10(14)6-9(7-12)15-3/h8-9H,4-7,12H2,1-3H3,(H,13,14). The minimum Gasteiger partial charge on any atom is -0.380 e. The molecule has 1 fully saturated rings. The molecule has 1 unspecified atom stereocenters. The van der Waals surface area contributed by atoms with Crippen molar-refractivity contribution in [1.82, 2.24) is 5.32 Å². The number of nitrogens with two attached hydrogens (primary N) is 1. The molecular formula is C11H22N2O2. The van der Waals surface area contributed by atoms with Crippen LogP contribution in [-0.4, -0.2) is 31.2 Å². The fourth-order valence-corrected chi connectivity index (χ4v) is 1.79. The van der Waals surface area contributed by atoms with Gasteiger partial charge in [0.2, 0.25) is 5.91 Å². The van der Waals surface area contributed by atoms with Crippen LogP contribution in [0.1, 0.15) is 33.1 Å². The predicted octanol–water partition coefficient (Wildman–Crippen LogP) is 0.655. The Hall–Kier alpha value is -0.610. The Morgan fingerprint density at radius 2 is 2.20 bits per heavy atom. The van der Waals surface area contributed by atoms with Gasteiger partial charge in [-0.05, 0) is 32.6 Å². The summed E-state index contributed by atoms with van der Waals surface area (Å²) in [6.07, 6.45) is 2.62. The van der Waals surface area contributed by atoms with Crippen molar-refractivity contribution in [3.63, 3.8) is 0 Å². The molecular weight excluding hydrogens is 192 g/mol. The first-order valence-electron chi connectivity index (χ1n) is 5.53. The van der Waals surface area contributed by atoms with Crippen molar-refractivity contribution >= 4 is 5.91 Å². The molecule has 0 saturated heterocycles. The molecule has 1 saturated carbocycles. The molecule has 0 aliphatic heterocycles. The van der Waals surface area contributed by atoms with E-state index in [1.807, 2.05) is 0 Å². The topological polar surface area (TPSA) is 64.3 Å². The van der Waals surface area contributed by atoms with Crippen molar-refractivity contribution in [2.75, 3.05) is 13.7 Å². The number of hydrogen-bond donors (Lipinski definition) is 2. The van der Waals surface area contributed by atoms with E-state index in [4.69, 9.17) is 10.5 Å². The summed E-state index contributed by atoms with van der Waals surface area (Å²) in [5, 5.41) is 3.04. The number of carbonyl (C=O) groups excluding carboxylic acids is 1. The van der Waals surface area contributed by atoms with Crippen LogP contribution in [0.15, 0.2) is 0 Å². The molecule has 0 radical (unpaired) electrons. The first-order chi connectivity index (χ1) is 6.99. The number of nitrogens with one attached hydrogen (secondary N) is 1. The monoisotopic (exact) mass is 214 g/mol. The lowest BCUT2D eigenvalue weighted by molar-refractivity contribution is -0.125. The van der Waals surface area contributed by atoms with Crippen molar-refractivity contribution in [2.24, 2.45) is 11.7 Å². The fourth-order valence-electron chi connectivity index (χ4n) is 1.79. The Balaban J connectivity index is 2.34. The molecule has 1 atom stereocenters. The largest absolute Gasteiger partial charge is 0.380 e. The van der Waals surface area contributed by atoms with Crippen LogP contribution in [0.2, 0.25) is 0 Å². The number of methoxy groups -OCH3 is 1. The molecule has 0 aromatic heterocycles. The molecule has 0 aromatic rings. The fraction of sp³-hybridized carbons (Fsp3) is 0.909. The highest BCUT2D eigenvalue weighted by atomic mass is 16.5. The van der Waals surface area contributed by atoms with E-state index in [2.05, 4.69) is 19.2 Å². The van der Waals surface area contributed by atoms with Gasteiger partial charge in [0.15, 0.2) is 0 Å². The van der Waals surface area contributed by atoms with Gasteiger partial charge in [0.05, 0.1) is 12.5 Å². The van der Waals surface area contributed by atoms with Crippen molar-refractivity contribution < 1.29 is 9.53 Å². The second-order valence-corrected chi connectivity index (χ2v) is 4.84. The van der Waals surface area contributed by atoms with Gasteiger partial charge in [-0.25, -0.2) is 0 Å². The molecule has 15 heavy (non-hydrogen) atoms. The zero-order valence-corrected chi connectivity index (χ0v) is 9.88. The van der Waals surface area contributed by atoms with Crippen molar-refractivity contribution in [1.29, 1.82) is 0 Å². The van der Waals surface area contributed by atoms with Crippen LogP contribution in [0.4, 0.5) is 0 Å². The first-order valence-corrected chi connectivity index (χ1v) is 5.53. The molecule has 1 rings (SSSR count). The Labute approximate surface area is 91.5 Å². The minimum atomic E-state index is -0.167. The van der Waals surface area contributed by atoms with Gasteiger partial charge in [0.1, 0.15) is 0 Å².